The molecule has 0 heterocycles. The van der Waals surface area contributed by atoms with Crippen molar-refractivity contribution in [3.05, 3.63) is 34.9 Å². The summed E-state index contributed by atoms with van der Waals surface area (Å²) in [7, 11) is 0. The van der Waals surface area contributed by atoms with Crippen LogP contribution in [-0.2, 0) is 6.42 Å². The number of hydrogen-bond donors (Lipinski definition) is 0. The predicted octanol–water partition coefficient (Wildman–Crippen LogP) is 2.21. The van der Waals surface area contributed by atoms with Crippen LogP contribution in [0.2, 0.25) is 0 Å². The van der Waals surface area contributed by atoms with Gasteiger partial charge in [-0.1, -0.05) is 18.8 Å². The van der Waals surface area contributed by atoms with E-state index in [1.54, 1.807) is 0 Å². The summed E-state index contributed by atoms with van der Waals surface area (Å²) in [6.45, 7) is 2.08. The van der Waals surface area contributed by atoms with Gasteiger partial charge in [0, 0.05) is 11.1 Å². The zero-order valence-corrected chi connectivity index (χ0v) is 7.09. The molecule has 0 unspecified atom stereocenters. The summed E-state index contributed by atoms with van der Waals surface area (Å²) in [6, 6.07) is 5.82. The molecule has 0 spiro atoms. The molecule has 0 saturated heterocycles. The zero-order valence-electron chi connectivity index (χ0n) is 7.09. The Morgan fingerprint density at radius 2 is 1.58 bits per heavy atom. The molecule has 0 fully saturated rings. The van der Waals surface area contributed by atoms with E-state index in [0.29, 0.717) is 0 Å². The van der Waals surface area contributed by atoms with Gasteiger partial charge < -0.3 is 0 Å². The maximum atomic E-state index is 5.28. The van der Waals surface area contributed by atoms with Crippen LogP contribution in [0.4, 0.5) is 0 Å². The molecule has 1 aromatic rings. The Balaban J connectivity index is 3.24. The fraction of sp³-hybridized carbons (Fsp3) is 0.167. The van der Waals surface area contributed by atoms with Gasteiger partial charge in [0.15, 0.2) is 0 Å². The smallest absolute Gasteiger partial charge is 0.0257 e. The highest BCUT2D eigenvalue weighted by molar-refractivity contribution is 5.45. The predicted molar refractivity (Wildman–Crippen MR) is 51.7 cm³/mol. The molecule has 12 heavy (non-hydrogen) atoms. The Kier molecular flexibility index (Phi) is 2.57. The van der Waals surface area contributed by atoms with Gasteiger partial charge >= 0.3 is 0 Å². The minimum atomic E-state index is 0.863. The zero-order chi connectivity index (χ0) is 8.97. The van der Waals surface area contributed by atoms with E-state index >= 15 is 0 Å². The van der Waals surface area contributed by atoms with Crippen molar-refractivity contribution in [1.82, 2.24) is 0 Å². The van der Waals surface area contributed by atoms with Gasteiger partial charge in [0.25, 0.3) is 0 Å². The van der Waals surface area contributed by atoms with E-state index in [4.69, 9.17) is 12.8 Å². The average molecular weight is 154 g/mol. The average Bonchev–Trinajstić information content (AvgIpc) is 2.16. The molecular formula is C12H10. The molecule has 0 radical (unpaired) electrons. The molecule has 0 nitrogen and oxygen atoms in total. The molecule has 1 aromatic carbocycles. The number of aryl methyl sites for hydroxylation is 1. The van der Waals surface area contributed by atoms with Crippen LogP contribution < -0.4 is 0 Å². The van der Waals surface area contributed by atoms with E-state index in [9.17, 15) is 0 Å². The summed E-state index contributed by atoms with van der Waals surface area (Å²) in [5.41, 5.74) is 2.92. The SMILES string of the molecule is C#Cc1cc(C#C)cc(CC)c1. The molecule has 0 N–H and O–H groups in total. The first-order valence-corrected chi connectivity index (χ1v) is 3.87. The second-order valence-electron chi connectivity index (χ2n) is 2.56. The molecule has 0 aliphatic carbocycles. The van der Waals surface area contributed by atoms with Crippen LogP contribution in [0, 0.1) is 24.7 Å². The van der Waals surface area contributed by atoms with Crippen LogP contribution in [0.1, 0.15) is 23.6 Å². The van der Waals surface area contributed by atoms with Gasteiger partial charge in [0.05, 0.1) is 0 Å². The number of hydrogen-bond acceptors (Lipinski definition) is 0. The van der Waals surface area contributed by atoms with Crippen LogP contribution in [0.15, 0.2) is 18.2 Å². The Labute approximate surface area is 73.6 Å². The number of rotatable bonds is 1. The summed E-state index contributed by atoms with van der Waals surface area (Å²) in [6.07, 6.45) is 11.5. The van der Waals surface area contributed by atoms with Crippen molar-refractivity contribution < 1.29 is 0 Å². The first-order chi connectivity index (χ1) is 5.80. The molecule has 0 atom stereocenters. The van der Waals surface area contributed by atoms with Gasteiger partial charge in [-0.15, -0.1) is 12.8 Å². The molecule has 0 bridgehead atoms. The summed E-state index contributed by atoms with van der Waals surface area (Å²) < 4.78 is 0. The molecule has 0 aliphatic heterocycles. The fourth-order valence-electron chi connectivity index (χ4n) is 1.06. The lowest BCUT2D eigenvalue weighted by Crippen LogP contribution is -1.85. The van der Waals surface area contributed by atoms with Gasteiger partial charge in [-0.05, 0) is 30.2 Å². The van der Waals surface area contributed by atoms with Crippen LogP contribution in [-0.4, -0.2) is 0 Å². The van der Waals surface area contributed by atoms with E-state index in [2.05, 4.69) is 18.8 Å². The second-order valence-corrected chi connectivity index (χ2v) is 2.56. The van der Waals surface area contributed by atoms with Crippen LogP contribution in [0.5, 0.6) is 0 Å². The molecule has 1 rings (SSSR count). The van der Waals surface area contributed by atoms with E-state index in [0.717, 1.165) is 17.5 Å². The second kappa shape index (κ2) is 3.65. The minimum Gasteiger partial charge on any atom is -0.115 e. The van der Waals surface area contributed by atoms with Crippen LogP contribution in [0.25, 0.3) is 0 Å². The van der Waals surface area contributed by atoms with Crippen molar-refractivity contribution in [3.8, 4) is 24.7 Å². The molecule has 0 aromatic heterocycles. The van der Waals surface area contributed by atoms with E-state index in [1.165, 1.54) is 5.56 Å². The van der Waals surface area contributed by atoms with Gasteiger partial charge in [-0.2, -0.15) is 0 Å². The van der Waals surface area contributed by atoms with Crippen molar-refractivity contribution in [3.63, 3.8) is 0 Å². The highest BCUT2D eigenvalue weighted by Gasteiger charge is 1.95. The van der Waals surface area contributed by atoms with E-state index in [-0.39, 0.29) is 0 Å². The maximum Gasteiger partial charge on any atom is 0.0257 e. The minimum absolute atomic E-state index is 0.863. The van der Waals surface area contributed by atoms with E-state index < -0.39 is 0 Å². The Morgan fingerprint density at radius 1 is 1.08 bits per heavy atom. The Morgan fingerprint density at radius 3 is 1.92 bits per heavy atom. The molecule has 58 valence electrons. The third kappa shape index (κ3) is 1.68. The Bertz CT molecular complexity index is 326. The van der Waals surface area contributed by atoms with Crippen molar-refractivity contribution >= 4 is 0 Å². The highest BCUT2D eigenvalue weighted by Crippen LogP contribution is 2.09. The Hall–Kier alpha value is -1.66. The normalized spacial score (nSPS) is 8.58. The third-order valence-electron chi connectivity index (χ3n) is 1.73. The fourth-order valence-corrected chi connectivity index (χ4v) is 1.06. The van der Waals surface area contributed by atoms with Crippen LogP contribution >= 0.6 is 0 Å². The standard InChI is InChI=1S/C12H10/c1-4-10-7-11(5-2)9-12(6-3)8-10/h1-2,7-9H,6H2,3H3. The van der Waals surface area contributed by atoms with Gasteiger partial charge in [0.1, 0.15) is 0 Å². The lowest BCUT2D eigenvalue weighted by molar-refractivity contribution is 1.14. The quantitative estimate of drug-likeness (QED) is 0.544. The van der Waals surface area contributed by atoms with Gasteiger partial charge in [-0.3, -0.25) is 0 Å². The van der Waals surface area contributed by atoms with Crippen molar-refractivity contribution in [2.75, 3.05) is 0 Å². The first-order valence-electron chi connectivity index (χ1n) is 3.87. The summed E-state index contributed by atoms with van der Waals surface area (Å²) in [5, 5.41) is 0. The molecule has 0 aliphatic rings. The highest BCUT2D eigenvalue weighted by atomic mass is 14.0. The summed E-state index contributed by atoms with van der Waals surface area (Å²) >= 11 is 0. The molecular weight excluding hydrogens is 144 g/mol. The van der Waals surface area contributed by atoms with E-state index in [1.807, 2.05) is 18.2 Å². The third-order valence-corrected chi connectivity index (χ3v) is 1.73. The first kappa shape index (κ1) is 8.44. The van der Waals surface area contributed by atoms with Crippen molar-refractivity contribution in [2.45, 2.75) is 13.3 Å². The molecule has 0 saturated carbocycles. The van der Waals surface area contributed by atoms with Gasteiger partial charge in [-0.25, -0.2) is 0 Å². The van der Waals surface area contributed by atoms with Crippen molar-refractivity contribution in [1.29, 1.82) is 0 Å². The van der Waals surface area contributed by atoms with Gasteiger partial charge in [0.2, 0.25) is 0 Å². The summed E-state index contributed by atoms with van der Waals surface area (Å²) in [5.74, 6) is 5.16. The number of benzene rings is 1. The van der Waals surface area contributed by atoms with Crippen LogP contribution in [0.3, 0.4) is 0 Å². The molecule has 0 amide bonds. The van der Waals surface area contributed by atoms with Crippen molar-refractivity contribution in [2.24, 2.45) is 0 Å². The lowest BCUT2D eigenvalue weighted by atomic mass is 10.0. The largest absolute Gasteiger partial charge is 0.115 e. The lowest BCUT2D eigenvalue weighted by Gasteiger charge is -1.99. The number of terminal acetylenes is 2. The monoisotopic (exact) mass is 154 g/mol. The maximum absolute atomic E-state index is 5.28. The topological polar surface area (TPSA) is 0 Å². The molecule has 0 heteroatoms. The summed E-state index contributed by atoms with van der Waals surface area (Å²) in [4.78, 5) is 0.